The average Bonchev–Trinajstić information content (AvgIpc) is 2.60. The highest BCUT2D eigenvalue weighted by atomic mass is 79.9. The van der Waals surface area contributed by atoms with Gasteiger partial charge >= 0.3 is 0 Å². The van der Waals surface area contributed by atoms with E-state index in [1.807, 2.05) is 59.5 Å². The maximum Gasteiger partial charge on any atom is 0.294 e. The number of halogens is 1. The molecule has 0 atom stereocenters. The number of nitro groups is 1. The van der Waals surface area contributed by atoms with Crippen LogP contribution in [0.5, 0.6) is 0 Å². The van der Waals surface area contributed by atoms with Crippen LogP contribution in [0.2, 0.25) is 0 Å². The average molecular weight is 382 g/mol. The number of hydrogen-bond donors (Lipinski definition) is 1. The maximum atomic E-state index is 11.4. The monoisotopic (exact) mass is 381 g/mol. The van der Waals surface area contributed by atoms with Crippen molar-refractivity contribution in [3.63, 3.8) is 0 Å². The van der Waals surface area contributed by atoms with Crippen molar-refractivity contribution in [2.24, 2.45) is 0 Å². The van der Waals surface area contributed by atoms with Crippen LogP contribution in [0.4, 0.5) is 34.1 Å². The van der Waals surface area contributed by atoms with Crippen LogP contribution in [-0.2, 0) is 0 Å². The van der Waals surface area contributed by atoms with E-state index in [1.54, 1.807) is 6.07 Å². The predicted octanol–water partition coefficient (Wildman–Crippen LogP) is 5.88. The minimum absolute atomic E-state index is 0.0547. The summed E-state index contributed by atoms with van der Waals surface area (Å²) < 4.78 is 0.911. The van der Waals surface area contributed by atoms with Gasteiger partial charge in [-0.3, -0.25) is 10.1 Å². The molecule has 6 heteroatoms. The standard InChI is InChI=1S/C18H12BrN3O2/c19-13-8-4-9-14-18(13)21(12-6-2-1-3-7-12)15-10-5-11-16(22(23)24)17(15)20-14/h1-11,20H. The van der Waals surface area contributed by atoms with E-state index in [0.717, 1.165) is 27.2 Å². The number of anilines is 5. The van der Waals surface area contributed by atoms with E-state index in [4.69, 9.17) is 0 Å². The molecule has 1 aliphatic heterocycles. The molecule has 0 unspecified atom stereocenters. The van der Waals surface area contributed by atoms with Crippen molar-refractivity contribution in [3.8, 4) is 0 Å². The number of nitrogens with one attached hydrogen (secondary N) is 1. The molecule has 1 heterocycles. The Balaban J connectivity index is 2.03. The van der Waals surface area contributed by atoms with Crippen molar-refractivity contribution in [2.75, 3.05) is 10.2 Å². The highest BCUT2D eigenvalue weighted by molar-refractivity contribution is 9.10. The molecule has 4 rings (SSSR count). The summed E-state index contributed by atoms with van der Waals surface area (Å²) in [6, 6.07) is 20.7. The Hall–Kier alpha value is -2.86. The third kappa shape index (κ3) is 2.23. The molecule has 0 amide bonds. The summed E-state index contributed by atoms with van der Waals surface area (Å²) in [7, 11) is 0. The third-order valence-electron chi connectivity index (χ3n) is 3.94. The fraction of sp³-hybridized carbons (Fsp3) is 0. The minimum Gasteiger partial charge on any atom is -0.346 e. The van der Waals surface area contributed by atoms with Crippen LogP contribution in [-0.4, -0.2) is 4.92 Å². The van der Waals surface area contributed by atoms with Gasteiger partial charge in [0.1, 0.15) is 5.69 Å². The molecule has 0 saturated heterocycles. The summed E-state index contributed by atoms with van der Waals surface area (Å²) >= 11 is 3.60. The Kier molecular flexibility index (Phi) is 3.46. The van der Waals surface area contributed by atoms with E-state index >= 15 is 0 Å². The van der Waals surface area contributed by atoms with Gasteiger partial charge in [0.2, 0.25) is 0 Å². The van der Waals surface area contributed by atoms with Crippen molar-refractivity contribution in [2.45, 2.75) is 0 Å². The molecule has 0 fully saturated rings. The second-order valence-corrected chi connectivity index (χ2v) is 6.21. The molecule has 24 heavy (non-hydrogen) atoms. The number of nitrogens with zero attached hydrogens (tertiary/aromatic N) is 2. The number of fused-ring (bicyclic) bond motifs is 2. The molecule has 1 N–H and O–H groups in total. The second-order valence-electron chi connectivity index (χ2n) is 5.36. The van der Waals surface area contributed by atoms with Gasteiger partial charge in [-0.15, -0.1) is 0 Å². The molecule has 0 saturated carbocycles. The van der Waals surface area contributed by atoms with Gasteiger partial charge in [-0.2, -0.15) is 0 Å². The Morgan fingerprint density at radius 1 is 0.958 bits per heavy atom. The molecule has 3 aromatic carbocycles. The van der Waals surface area contributed by atoms with Crippen molar-refractivity contribution < 1.29 is 4.92 Å². The lowest BCUT2D eigenvalue weighted by atomic mass is 10.1. The molecule has 5 nitrogen and oxygen atoms in total. The van der Waals surface area contributed by atoms with Crippen LogP contribution in [0.1, 0.15) is 0 Å². The third-order valence-corrected chi connectivity index (χ3v) is 4.58. The topological polar surface area (TPSA) is 58.4 Å². The number of benzene rings is 3. The molecule has 0 radical (unpaired) electrons. The molecule has 0 bridgehead atoms. The zero-order valence-corrected chi connectivity index (χ0v) is 14.0. The predicted molar refractivity (Wildman–Crippen MR) is 98.8 cm³/mol. The minimum atomic E-state index is -0.363. The molecular formula is C18H12BrN3O2. The van der Waals surface area contributed by atoms with Gasteiger partial charge in [-0.25, -0.2) is 0 Å². The number of nitro benzene ring substituents is 1. The summed E-state index contributed by atoms with van der Waals surface area (Å²) in [4.78, 5) is 13.1. The summed E-state index contributed by atoms with van der Waals surface area (Å²) in [6.07, 6.45) is 0. The summed E-state index contributed by atoms with van der Waals surface area (Å²) in [5, 5.41) is 14.7. The first-order chi connectivity index (χ1) is 11.7. The fourth-order valence-corrected chi connectivity index (χ4v) is 3.48. The van der Waals surface area contributed by atoms with Gasteiger partial charge in [0.15, 0.2) is 0 Å². The molecule has 1 aliphatic rings. The van der Waals surface area contributed by atoms with Gasteiger partial charge in [0.05, 0.1) is 22.0 Å². The molecule has 0 aromatic heterocycles. The van der Waals surface area contributed by atoms with Crippen LogP contribution in [0.25, 0.3) is 0 Å². The quantitative estimate of drug-likeness (QED) is 0.347. The van der Waals surface area contributed by atoms with E-state index in [-0.39, 0.29) is 10.6 Å². The van der Waals surface area contributed by atoms with Crippen LogP contribution >= 0.6 is 15.9 Å². The molecule has 118 valence electrons. The van der Waals surface area contributed by atoms with E-state index in [2.05, 4.69) is 21.2 Å². The van der Waals surface area contributed by atoms with E-state index < -0.39 is 0 Å². The lowest BCUT2D eigenvalue weighted by Gasteiger charge is -2.34. The first-order valence-corrected chi connectivity index (χ1v) is 8.14. The van der Waals surface area contributed by atoms with Crippen molar-refractivity contribution >= 4 is 50.1 Å². The van der Waals surface area contributed by atoms with E-state index in [1.165, 1.54) is 6.07 Å². The second kappa shape index (κ2) is 5.65. The summed E-state index contributed by atoms with van der Waals surface area (Å²) in [6.45, 7) is 0. The Morgan fingerprint density at radius 3 is 2.46 bits per heavy atom. The lowest BCUT2D eigenvalue weighted by molar-refractivity contribution is -0.383. The van der Waals surface area contributed by atoms with Gasteiger partial charge < -0.3 is 10.2 Å². The van der Waals surface area contributed by atoms with Gasteiger partial charge in [0, 0.05) is 16.2 Å². The molecular weight excluding hydrogens is 370 g/mol. The highest BCUT2D eigenvalue weighted by Crippen LogP contribution is 2.52. The zero-order valence-electron chi connectivity index (χ0n) is 12.4. The van der Waals surface area contributed by atoms with Crippen molar-refractivity contribution in [1.82, 2.24) is 0 Å². The first-order valence-electron chi connectivity index (χ1n) is 7.35. The fourth-order valence-electron chi connectivity index (χ4n) is 2.94. The maximum absolute atomic E-state index is 11.4. The van der Waals surface area contributed by atoms with Crippen LogP contribution in [0.15, 0.2) is 71.2 Å². The number of rotatable bonds is 2. The van der Waals surface area contributed by atoms with Gasteiger partial charge in [-0.05, 0) is 46.3 Å². The highest BCUT2D eigenvalue weighted by Gasteiger charge is 2.30. The molecule has 0 aliphatic carbocycles. The van der Waals surface area contributed by atoms with Gasteiger partial charge in [-0.1, -0.05) is 30.3 Å². The van der Waals surface area contributed by atoms with E-state index in [9.17, 15) is 10.1 Å². The normalized spacial score (nSPS) is 12.1. The molecule has 3 aromatic rings. The van der Waals surface area contributed by atoms with E-state index in [0.29, 0.717) is 5.69 Å². The molecule has 0 spiro atoms. The lowest BCUT2D eigenvalue weighted by Crippen LogP contribution is -2.19. The Bertz CT molecular complexity index is 944. The van der Waals surface area contributed by atoms with Crippen LogP contribution < -0.4 is 10.2 Å². The Morgan fingerprint density at radius 2 is 1.71 bits per heavy atom. The Labute approximate surface area is 146 Å². The number of para-hydroxylation sites is 3. The summed E-state index contributed by atoms with van der Waals surface area (Å²) in [5.41, 5.74) is 3.98. The number of hydrogen-bond acceptors (Lipinski definition) is 4. The smallest absolute Gasteiger partial charge is 0.294 e. The van der Waals surface area contributed by atoms with Crippen molar-refractivity contribution in [3.05, 3.63) is 81.3 Å². The van der Waals surface area contributed by atoms with Gasteiger partial charge in [0.25, 0.3) is 5.69 Å². The first kappa shape index (κ1) is 14.7. The summed E-state index contributed by atoms with van der Waals surface area (Å²) in [5.74, 6) is 0. The van der Waals surface area contributed by atoms with Crippen LogP contribution in [0, 0.1) is 10.1 Å². The van der Waals surface area contributed by atoms with Crippen LogP contribution in [0.3, 0.4) is 0 Å². The SMILES string of the molecule is O=[N+]([O-])c1cccc2c1Nc1cccc(Br)c1N2c1ccccc1. The van der Waals surface area contributed by atoms with Crippen molar-refractivity contribution in [1.29, 1.82) is 0 Å². The largest absolute Gasteiger partial charge is 0.346 e. The zero-order chi connectivity index (χ0) is 16.7.